The molecule has 0 spiro atoms. The summed E-state index contributed by atoms with van der Waals surface area (Å²) in [7, 11) is 0. The molecule has 1 N–H and O–H groups in total. The van der Waals surface area contributed by atoms with Gasteiger partial charge in [0, 0.05) is 13.0 Å². The molecular formula is C16H15N3O. The molecule has 1 amide bonds. The minimum atomic E-state index is 0.0855. The highest BCUT2D eigenvalue weighted by molar-refractivity contribution is 5.96. The Morgan fingerprint density at radius 2 is 2.05 bits per heavy atom. The van der Waals surface area contributed by atoms with E-state index in [-0.39, 0.29) is 5.91 Å². The van der Waals surface area contributed by atoms with Gasteiger partial charge in [-0.05, 0) is 24.5 Å². The SMILES string of the molecule is Cc1c(-c2ccccc2)[nH]c(N2CCCC2=O)c1C#N. The summed E-state index contributed by atoms with van der Waals surface area (Å²) in [5, 5.41) is 9.40. The summed E-state index contributed by atoms with van der Waals surface area (Å²) in [5.41, 5.74) is 3.41. The maximum atomic E-state index is 11.9. The van der Waals surface area contributed by atoms with Gasteiger partial charge in [-0.3, -0.25) is 9.69 Å². The van der Waals surface area contributed by atoms with Crippen LogP contribution in [0.25, 0.3) is 11.3 Å². The number of aromatic nitrogens is 1. The third-order valence-electron chi connectivity index (χ3n) is 3.75. The topological polar surface area (TPSA) is 59.9 Å². The molecule has 0 bridgehead atoms. The zero-order chi connectivity index (χ0) is 14.1. The largest absolute Gasteiger partial charge is 0.340 e. The van der Waals surface area contributed by atoms with Gasteiger partial charge in [-0.2, -0.15) is 5.26 Å². The summed E-state index contributed by atoms with van der Waals surface area (Å²) in [4.78, 5) is 16.9. The van der Waals surface area contributed by atoms with E-state index in [9.17, 15) is 10.1 Å². The lowest BCUT2D eigenvalue weighted by molar-refractivity contribution is -0.117. The van der Waals surface area contributed by atoms with E-state index < -0.39 is 0 Å². The van der Waals surface area contributed by atoms with Gasteiger partial charge in [0.15, 0.2) is 0 Å². The lowest BCUT2D eigenvalue weighted by Gasteiger charge is -2.13. The second-order valence-electron chi connectivity index (χ2n) is 4.98. The number of hydrogen-bond acceptors (Lipinski definition) is 2. The molecule has 0 aliphatic carbocycles. The molecule has 0 radical (unpaired) electrons. The number of hydrogen-bond donors (Lipinski definition) is 1. The molecule has 2 aromatic rings. The molecule has 1 aliphatic heterocycles. The summed E-state index contributed by atoms with van der Waals surface area (Å²) in [6.45, 7) is 2.60. The molecule has 3 rings (SSSR count). The zero-order valence-corrected chi connectivity index (χ0v) is 11.3. The lowest BCUT2D eigenvalue weighted by atomic mass is 10.1. The highest BCUT2D eigenvalue weighted by Crippen LogP contribution is 2.33. The van der Waals surface area contributed by atoms with Crippen LogP contribution in [-0.2, 0) is 4.79 Å². The number of carbonyl (C=O) groups excluding carboxylic acids is 1. The van der Waals surface area contributed by atoms with Gasteiger partial charge in [-0.25, -0.2) is 0 Å². The minimum Gasteiger partial charge on any atom is -0.340 e. The molecule has 4 nitrogen and oxygen atoms in total. The Hall–Kier alpha value is -2.54. The number of nitrogens with zero attached hydrogens (tertiary/aromatic N) is 2. The predicted octanol–water partition coefficient (Wildman–Crippen LogP) is 2.99. The van der Waals surface area contributed by atoms with Crippen LogP contribution in [-0.4, -0.2) is 17.4 Å². The van der Waals surface area contributed by atoms with Crippen LogP contribution in [0.2, 0.25) is 0 Å². The quantitative estimate of drug-likeness (QED) is 0.907. The Morgan fingerprint density at radius 3 is 2.65 bits per heavy atom. The van der Waals surface area contributed by atoms with Crippen LogP contribution in [0.1, 0.15) is 24.0 Å². The Morgan fingerprint density at radius 1 is 1.30 bits per heavy atom. The molecule has 1 fully saturated rings. The zero-order valence-electron chi connectivity index (χ0n) is 11.3. The summed E-state index contributed by atoms with van der Waals surface area (Å²) in [6, 6.07) is 12.1. The van der Waals surface area contributed by atoms with Crippen molar-refractivity contribution in [3.05, 3.63) is 41.5 Å². The molecule has 1 aromatic heterocycles. The van der Waals surface area contributed by atoms with E-state index in [4.69, 9.17) is 0 Å². The van der Waals surface area contributed by atoms with Gasteiger partial charge in [0.1, 0.15) is 11.9 Å². The standard InChI is InChI=1S/C16H15N3O/c1-11-13(10-17)16(19-9-5-8-14(19)20)18-15(11)12-6-3-2-4-7-12/h2-4,6-7,18H,5,8-9H2,1H3. The van der Waals surface area contributed by atoms with Crippen LogP contribution < -0.4 is 4.90 Å². The van der Waals surface area contributed by atoms with Gasteiger partial charge < -0.3 is 4.98 Å². The molecule has 20 heavy (non-hydrogen) atoms. The van der Waals surface area contributed by atoms with Gasteiger partial charge >= 0.3 is 0 Å². The van der Waals surface area contributed by atoms with Crippen molar-refractivity contribution < 1.29 is 4.79 Å². The Labute approximate surface area is 117 Å². The lowest BCUT2D eigenvalue weighted by Crippen LogP contribution is -2.24. The Bertz CT molecular complexity index is 695. The predicted molar refractivity (Wildman–Crippen MR) is 77.3 cm³/mol. The van der Waals surface area contributed by atoms with Gasteiger partial charge in [0.2, 0.25) is 5.91 Å². The van der Waals surface area contributed by atoms with Crippen molar-refractivity contribution in [3.63, 3.8) is 0 Å². The molecule has 2 heterocycles. The van der Waals surface area contributed by atoms with E-state index in [1.54, 1.807) is 4.90 Å². The molecular weight excluding hydrogens is 250 g/mol. The second-order valence-corrected chi connectivity index (χ2v) is 4.98. The van der Waals surface area contributed by atoms with Crippen molar-refractivity contribution in [2.24, 2.45) is 0 Å². The molecule has 1 saturated heterocycles. The minimum absolute atomic E-state index is 0.0855. The van der Waals surface area contributed by atoms with Gasteiger partial charge in [-0.15, -0.1) is 0 Å². The van der Waals surface area contributed by atoms with E-state index in [2.05, 4.69) is 11.1 Å². The van der Waals surface area contributed by atoms with Crippen molar-refractivity contribution in [1.29, 1.82) is 5.26 Å². The van der Waals surface area contributed by atoms with Crippen molar-refractivity contribution >= 4 is 11.7 Å². The smallest absolute Gasteiger partial charge is 0.228 e. The van der Waals surface area contributed by atoms with Gasteiger partial charge in [-0.1, -0.05) is 30.3 Å². The van der Waals surface area contributed by atoms with E-state index >= 15 is 0 Å². The fourth-order valence-corrected chi connectivity index (χ4v) is 2.69. The monoisotopic (exact) mass is 265 g/mol. The third-order valence-corrected chi connectivity index (χ3v) is 3.75. The maximum Gasteiger partial charge on any atom is 0.228 e. The number of carbonyl (C=O) groups is 1. The first-order valence-corrected chi connectivity index (χ1v) is 6.71. The van der Waals surface area contributed by atoms with Crippen molar-refractivity contribution in [2.45, 2.75) is 19.8 Å². The number of nitrogens with one attached hydrogen (secondary N) is 1. The molecule has 4 heteroatoms. The average Bonchev–Trinajstić information content (AvgIpc) is 3.03. The summed E-state index contributed by atoms with van der Waals surface area (Å²) < 4.78 is 0. The number of H-pyrrole nitrogens is 1. The van der Waals surface area contributed by atoms with Crippen LogP contribution in [0.15, 0.2) is 30.3 Å². The number of anilines is 1. The van der Waals surface area contributed by atoms with E-state index in [0.29, 0.717) is 24.3 Å². The van der Waals surface area contributed by atoms with Crippen LogP contribution in [0.3, 0.4) is 0 Å². The van der Waals surface area contributed by atoms with Gasteiger partial charge in [0.25, 0.3) is 0 Å². The first-order chi connectivity index (χ1) is 9.72. The van der Waals surface area contributed by atoms with Crippen LogP contribution >= 0.6 is 0 Å². The number of benzene rings is 1. The highest BCUT2D eigenvalue weighted by Gasteiger charge is 2.27. The molecule has 0 saturated carbocycles. The number of rotatable bonds is 2. The third kappa shape index (κ3) is 1.88. The second kappa shape index (κ2) is 4.86. The van der Waals surface area contributed by atoms with Crippen molar-refractivity contribution in [1.82, 2.24) is 4.98 Å². The van der Waals surface area contributed by atoms with Crippen LogP contribution in [0.5, 0.6) is 0 Å². The molecule has 0 atom stereocenters. The van der Waals surface area contributed by atoms with Crippen molar-refractivity contribution in [2.75, 3.05) is 11.4 Å². The number of nitriles is 1. The first-order valence-electron chi connectivity index (χ1n) is 6.71. The summed E-state index contributed by atoms with van der Waals surface area (Å²) in [6.07, 6.45) is 1.41. The normalized spacial score (nSPS) is 14.6. The molecule has 1 aromatic carbocycles. The molecule has 1 aliphatic rings. The van der Waals surface area contributed by atoms with Crippen LogP contribution in [0, 0.1) is 18.3 Å². The molecule has 100 valence electrons. The summed E-state index contributed by atoms with van der Waals surface area (Å²) in [5.74, 6) is 0.730. The fourth-order valence-electron chi connectivity index (χ4n) is 2.69. The highest BCUT2D eigenvalue weighted by atomic mass is 16.2. The van der Waals surface area contributed by atoms with E-state index in [1.807, 2.05) is 37.3 Å². The average molecular weight is 265 g/mol. The first kappa shape index (κ1) is 12.5. The number of aromatic amines is 1. The number of amides is 1. The molecule has 0 unspecified atom stereocenters. The van der Waals surface area contributed by atoms with E-state index in [0.717, 1.165) is 23.2 Å². The van der Waals surface area contributed by atoms with Gasteiger partial charge in [0.05, 0.1) is 11.3 Å². The van der Waals surface area contributed by atoms with E-state index in [1.165, 1.54) is 0 Å². The summed E-state index contributed by atoms with van der Waals surface area (Å²) >= 11 is 0. The van der Waals surface area contributed by atoms with Crippen LogP contribution in [0.4, 0.5) is 5.82 Å². The Kier molecular flexibility index (Phi) is 3.03. The Balaban J connectivity index is 2.13. The van der Waals surface area contributed by atoms with Crippen molar-refractivity contribution in [3.8, 4) is 17.3 Å². The fraction of sp³-hybridized carbons (Fsp3) is 0.250. The maximum absolute atomic E-state index is 11.9.